The fourth-order valence-corrected chi connectivity index (χ4v) is 2.13. The summed E-state index contributed by atoms with van der Waals surface area (Å²) in [5.41, 5.74) is 2.97. The Hall–Kier alpha value is -1.96. The monoisotopic (exact) mass is 212 g/mol. The Morgan fingerprint density at radius 2 is 1.88 bits per heavy atom. The lowest BCUT2D eigenvalue weighted by Gasteiger charge is -2.00. The van der Waals surface area contributed by atoms with Gasteiger partial charge in [-0.2, -0.15) is 0 Å². The van der Waals surface area contributed by atoms with Crippen molar-refractivity contribution in [2.45, 2.75) is 6.92 Å². The smallest absolute Gasteiger partial charge is 0.139 e. The van der Waals surface area contributed by atoms with E-state index in [4.69, 9.17) is 9.15 Å². The van der Waals surface area contributed by atoms with Crippen molar-refractivity contribution in [3.63, 3.8) is 0 Å². The van der Waals surface area contributed by atoms with Gasteiger partial charge in [0.05, 0.1) is 12.5 Å². The zero-order valence-electron chi connectivity index (χ0n) is 9.28. The van der Waals surface area contributed by atoms with Gasteiger partial charge in [-0.25, -0.2) is 0 Å². The first kappa shape index (κ1) is 9.28. The average molecular weight is 212 g/mol. The predicted octanol–water partition coefficient (Wildman–Crippen LogP) is 3.90. The van der Waals surface area contributed by atoms with E-state index in [1.54, 1.807) is 7.11 Å². The van der Waals surface area contributed by atoms with Crippen molar-refractivity contribution in [3.05, 3.63) is 42.0 Å². The van der Waals surface area contributed by atoms with Gasteiger partial charge in [0.25, 0.3) is 0 Å². The molecule has 0 aliphatic carbocycles. The van der Waals surface area contributed by atoms with Crippen LogP contribution in [0.2, 0.25) is 0 Å². The second-order valence-electron chi connectivity index (χ2n) is 3.89. The van der Waals surface area contributed by atoms with E-state index in [-0.39, 0.29) is 0 Å². The summed E-state index contributed by atoms with van der Waals surface area (Å²) in [6, 6.07) is 12.0. The molecule has 3 rings (SSSR count). The van der Waals surface area contributed by atoms with Crippen molar-refractivity contribution in [1.29, 1.82) is 0 Å². The molecule has 0 unspecified atom stereocenters. The van der Waals surface area contributed by atoms with Gasteiger partial charge in [-0.1, -0.05) is 24.3 Å². The molecule has 0 saturated carbocycles. The first-order chi connectivity index (χ1) is 7.81. The van der Waals surface area contributed by atoms with Crippen molar-refractivity contribution >= 4 is 21.9 Å². The molecule has 1 heterocycles. The van der Waals surface area contributed by atoms with Gasteiger partial charge >= 0.3 is 0 Å². The average Bonchev–Trinajstić information content (AvgIpc) is 2.69. The van der Waals surface area contributed by atoms with Crippen LogP contribution in [-0.4, -0.2) is 7.11 Å². The van der Waals surface area contributed by atoms with Gasteiger partial charge in [-0.15, -0.1) is 0 Å². The number of hydrogen-bond acceptors (Lipinski definition) is 2. The molecule has 16 heavy (non-hydrogen) atoms. The fraction of sp³-hybridized carbons (Fsp3) is 0.143. The van der Waals surface area contributed by atoms with E-state index in [2.05, 4.69) is 19.1 Å². The van der Waals surface area contributed by atoms with Crippen molar-refractivity contribution in [1.82, 2.24) is 0 Å². The highest BCUT2D eigenvalue weighted by Gasteiger charge is 2.11. The molecule has 80 valence electrons. The van der Waals surface area contributed by atoms with Crippen LogP contribution in [0, 0.1) is 6.92 Å². The van der Waals surface area contributed by atoms with Crippen molar-refractivity contribution in [3.8, 4) is 5.75 Å². The maximum absolute atomic E-state index is 5.85. The minimum absolute atomic E-state index is 0.863. The quantitative estimate of drug-likeness (QED) is 0.610. The molecule has 2 aromatic carbocycles. The molecule has 0 saturated heterocycles. The molecule has 0 atom stereocenters. The maximum Gasteiger partial charge on any atom is 0.139 e. The summed E-state index contributed by atoms with van der Waals surface area (Å²) in [5, 5.41) is 2.18. The van der Waals surface area contributed by atoms with Gasteiger partial charge < -0.3 is 9.15 Å². The zero-order valence-corrected chi connectivity index (χ0v) is 9.28. The second-order valence-corrected chi connectivity index (χ2v) is 3.89. The molecule has 0 fully saturated rings. The molecular weight excluding hydrogens is 200 g/mol. The van der Waals surface area contributed by atoms with Crippen LogP contribution in [-0.2, 0) is 0 Å². The summed E-state index contributed by atoms with van der Waals surface area (Å²) in [7, 11) is 1.68. The minimum atomic E-state index is 0.863. The number of aryl methyl sites for hydroxylation is 1. The SMILES string of the molecule is COc1cccc2oc3c(C)cccc3c12. The highest BCUT2D eigenvalue weighted by atomic mass is 16.5. The molecule has 2 nitrogen and oxygen atoms in total. The number of ether oxygens (including phenoxy) is 1. The van der Waals surface area contributed by atoms with E-state index in [9.17, 15) is 0 Å². The van der Waals surface area contributed by atoms with Crippen molar-refractivity contribution in [2.75, 3.05) is 7.11 Å². The van der Waals surface area contributed by atoms with Crippen molar-refractivity contribution < 1.29 is 9.15 Å². The lowest BCUT2D eigenvalue weighted by atomic mass is 10.1. The van der Waals surface area contributed by atoms with Crippen LogP contribution in [0.3, 0.4) is 0 Å². The number of methoxy groups -OCH3 is 1. The Bertz CT molecular complexity index is 665. The number of para-hydroxylation sites is 1. The van der Waals surface area contributed by atoms with E-state index in [1.807, 2.05) is 24.3 Å². The Kier molecular flexibility index (Phi) is 1.90. The Morgan fingerprint density at radius 3 is 2.69 bits per heavy atom. The summed E-state index contributed by atoms with van der Waals surface area (Å²) in [6.07, 6.45) is 0. The molecular formula is C14H12O2. The molecule has 3 aromatic rings. The van der Waals surface area contributed by atoms with Crippen LogP contribution < -0.4 is 4.74 Å². The molecule has 1 aromatic heterocycles. The topological polar surface area (TPSA) is 22.4 Å². The lowest BCUT2D eigenvalue weighted by Crippen LogP contribution is -1.82. The Labute approximate surface area is 93.4 Å². The normalized spacial score (nSPS) is 11.1. The number of rotatable bonds is 1. The maximum atomic E-state index is 5.85. The summed E-state index contributed by atoms with van der Waals surface area (Å²) in [5.74, 6) is 0.863. The van der Waals surface area contributed by atoms with E-state index < -0.39 is 0 Å². The number of benzene rings is 2. The Morgan fingerprint density at radius 1 is 1.06 bits per heavy atom. The number of fused-ring (bicyclic) bond motifs is 3. The predicted molar refractivity (Wildman–Crippen MR) is 65.0 cm³/mol. The third-order valence-corrected chi connectivity index (χ3v) is 2.90. The van der Waals surface area contributed by atoms with Gasteiger partial charge in [0, 0.05) is 5.39 Å². The standard InChI is InChI=1S/C14H12O2/c1-9-5-3-6-10-13-11(15-2)7-4-8-12(13)16-14(9)10/h3-8H,1-2H3. The Balaban J connectivity index is 2.57. The summed E-state index contributed by atoms with van der Waals surface area (Å²) in [6.45, 7) is 2.05. The van der Waals surface area contributed by atoms with Crippen LogP contribution in [0.15, 0.2) is 40.8 Å². The van der Waals surface area contributed by atoms with Gasteiger partial charge in [-0.05, 0) is 24.6 Å². The molecule has 0 aliphatic heterocycles. The second kappa shape index (κ2) is 3.27. The van der Waals surface area contributed by atoms with Crippen LogP contribution in [0.5, 0.6) is 5.75 Å². The summed E-state index contributed by atoms with van der Waals surface area (Å²) >= 11 is 0. The number of hydrogen-bond donors (Lipinski definition) is 0. The van der Waals surface area contributed by atoms with Crippen molar-refractivity contribution in [2.24, 2.45) is 0 Å². The van der Waals surface area contributed by atoms with Crippen LogP contribution in [0.4, 0.5) is 0 Å². The lowest BCUT2D eigenvalue weighted by molar-refractivity contribution is 0.420. The van der Waals surface area contributed by atoms with Gasteiger partial charge in [0.1, 0.15) is 16.9 Å². The molecule has 0 radical (unpaired) electrons. The highest BCUT2D eigenvalue weighted by Crippen LogP contribution is 2.36. The van der Waals surface area contributed by atoms with Gasteiger partial charge in [0.2, 0.25) is 0 Å². The molecule has 0 bridgehead atoms. The first-order valence-corrected chi connectivity index (χ1v) is 5.26. The van der Waals surface area contributed by atoms with E-state index in [0.717, 1.165) is 33.3 Å². The van der Waals surface area contributed by atoms with E-state index in [1.165, 1.54) is 0 Å². The fourth-order valence-electron chi connectivity index (χ4n) is 2.13. The molecule has 0 N–H and O–H groups in total. The first-order valence-electron chi connectivity index (χ1n) is 5.26. The molecule has 2 heteroatoms. The third kappa shape index (κ3) is 1.13. The molecule has 0 amide bonds. The van der Waals surface area contributed by atoms with Gasteiger partial charge in [0.15, 0.2) is 0 Å². The summed E-state index contributed by atoms with van der Waals surface area (Å²) in [4.78, 5) is 0. The van der Waals surface area contributed by atoms with E-state index in [0.29, 0.717) is 0 Å². The van der Waals surface area contributed by atoms with Gasteiger partial charge in [-0.3, -0.25) is 0 Å². The zero-order chi connectivity index (χ0) is 11.1. The number of furan rings is 1. The third-order valence-electron chi connectivity index (χ3n) is 2.90. The van der Waals surface area contributed by atoms with Crippen LogP contribution in [0.25, 0.3) is 21.9 Å². The van der Waals surface area contributed by atoms with E-state index >= 15 is 0 Å². The summed E-state index contributed by atoms with van der Waals surface area (Å²) < 4.78 is 11.2. The van der Waals surface area contributed by atoms with Crippen LogP contribution in [0.1, 0.15) is 5.56 Å². The minimum Gasteiger partial charge on any atom is -0.496 e. The van der Waals surface area contributed by atoms with Crippen LogP contribution >= 0.6 is 0 Å². The highest BCUT2D eigenvalue weighted by molar-refractivity contribution is 6.09. The molecule has 0 aliphatic rings. The molecule has 0 spiro atoms. The largest absolute Gasteiger partial charge is 0.496 e.